The minimum atomic E-state index is 0.200. The smallest absolute Gasteiger partial charge is 0.228 e. The number of pyridine rings is 1. The van der Waals surface area contributed by atoms with Crippen molar-refractivity contribution < 1.29 is 9.52 Å². The Labute approximate surface area is 137 Å². The average Bonchev–Trinajstić information content (AvgIpc) is 3.06. The van der Waals surface area contributed by atoms with E-state index in [1.807, 2.05) is 36.4 Å². The number of hydrogen-bond acceptors (Lipinski definition) is 6. The van der Waals surface area contributed by atoms with Crippen LogP contribution in [0.4, 0.5) is 11.4 Å². The van der Waals surface area contributed by atoms with Gasteiger partial charge in [-0.3, -0.25) is 0 Å². The molecule has 4 aromatic rings. The standard InChI is InChI=1S/C18H12N4O2/c23-15-9-7-14(8-10-15)22-21-13-5-3-12(4-6-13)18-20-17-16(24-18)2-1-11-19-17/h1-11,23H. The maximum absolute atomic E-state index is 9.24. The summed E-state index contributed by atoms with van der Waals surface area (Å²) in [6.07, 6.45) is 1.68. The highest BCUT2D eigenvalue weighted by Gasteiger charge is 2.08. The van der Waals surface area contributed by atoms with Crippen molar-refractivity contribution in [1.29, 1.82) is 0 Å². The SMILES string of the molecule is Oc1ccc(N=Nc2ccc(-c3nc4ncccc4o3)cc2)cc1. The first-order valence-electron chi connectivity index (χ1n) is 7.31. The molecule has 0 atom stereocenters. The summed E-state index contributed by atoms with van der Waals surface area (Å²) in [4.78, 5) is 8.52. The summed E-state index contributed by atoms with van der Waals surface area (Å²) >= 11 is 0. The first-order chi connectivity index (χ1) is 11.8. The summed E-state index contributed by atoms with van der Waals surface area (Å²) < 4.78 is 5.68. The summed E-state index contributed by atoms with van der Waals surface area (Å²) in [5.41, 5.74) is 3.46. The molecule has 116 valence electrons. The molecule has 4 rings (SSSR count). The molecule has 0 aliphatic carbocycles. The molecule has 0 saturated carbocycles. The van der Waals surface area contributed by atoms with Gasteiger partial charge >= 0.3 is 0 Å². The van der Waals surface area contributed by atoms with E-state index in [4.69, 9.17) is 4.42 Å². The third-order valence-corrected chi connectivity index (χ3v) is 3.41. The molecule has 6 heteroatoms. The number of aromatic nitrogens is 2. The maximum atomic E-state index is 9.24. The van der Waals surface area contributed by atoms with Crippen molar-refractivity contribution in [2.24, 2.45) is 10.2 Å². The highest BCUT2D eigenvalue weighted by atomic mass is 16.3. The van der Waals surface area contributed by atoms with Crippen molar-refractivity contribution in [2.45, 2.75) is 0 Å². The predicted octanol–water partition coefficient (Wildman–Crippen LogP) is 5.01. The zero-order valence-electron chi connectivity index (χ0n) is 12.5. The number of fused-ring (bicyclic) bond motifs is 1. The van der Waals surface area contributed by atoms with Gasteiger partial charge in [0.25, 0.3) is 0 Å². The van der Waals surface area contributed by atoms with Crippen LogP contribution in [-0.4, -0.2) is 15.1 Å². The lowest BCUT2D eigenvalue weighted by atomic mass is 10.2. The van der Waals surface area contributed by atoms with Crippen molar-refractivity contribution >= 4 is 22.6 Å². The number of benzene rings is 2. The second-order valence-electron chi connectivity index (χ2n) is 5.11. The van der Waals surface area contributed by atoms with E-state index in [0.717, 1.165) is 5.56 Å². The Balaban J connectivity index is 1.57. The lowest BCUT2D eigenvalue weighted by Crippen LogP contribution is -1.77. The van der Waals surface area contributed by atoms with Crippen molar-refractivity contribution in [3.05, 3.63) is 66.9 Å². The van der Waals surface area contributed by atoms with Gasteiger partial charge in [-0.1, -0.05) is 0 Å². The molecule has 0 spiro atoms. The summed E-state index contributed by atoms with van der Waals surface area (Å²) in [6, 6.07) is 17.6. The predicted molar refractivity (Wildman–Crippen MR) is 89.5 cm³/mol. The van der Waals surface area contributed by atoms with Crippen LogP contribution in [0, 0.1) is 0 Å². The summed E-state index contributed by atoms with van der Waals surface area (Å²) in [5.74, 6) is 0.719. The monoisotopic (exact) mass is 316 g/mol. The van der Waals surface area contributed by atoms with E-state index in [0.29, 0.717) is 28.5 Å². The topological polar surface area (TPSA) is 83.9 Å². The Morgan fingerprint density at radius 1 is 0.833 bits per heavy atom. The van der Waals surface area contributed by atoms with Gasteiger partial charge in [0.15, 0.2) is 11.2 Å². The number of phenols is 1. The molecule has 0 saturated heterocycles. The van der Waals surface area contributed by atoms with E-state index >= 15 is 0 Å². The maximum Gasteiger partial charge on any atom is 0.228 e. The van der Waals surface area contributed by atoms with Gasteiger partial charge in [0.2, 0.25) is 5.89 Å². The lowest BCUT2D eigenvalue weighted by molar-refractivity contribution is 0.475. The van der Waals surface area contributed by atoms with E-state index in [9.17, 15) is 5.11 Å². The van der Waals surface area contributed by atoms with Gasteiger partial charge in [-0.25, -0.2) is 4.98 Å². The molecule has 0 radical (unpaired) electrons. The van der Waals surface area contributed by atoms with Gasteiger partial charge in [0, 0.05) is 11.8 Å². The fraction of sp³-hybridized carbons (Fsp3) is 0. The van der Waals surface area contributed by atoms with Crippen molar-refractivity contribution in [3.63, 3.8) is 0 Å². The fourth-order valence-electron chi connectivity index (χ4n) is 2.20. The number of phenolic OH excluding ortho intramolecular Hbond substituents is 1. The van der Waals surface area contributed by atoms with Crippen molar-refractivity contribution in [2.75, 3.05) is 0 Å². The average molecular weight is 316 g/mol. The zero-order chi connectivity index (χ0) is 16.4. The number of rotatable bonds is 3. The minimum Gasteiger partial charge on any atom is -0.508 e. The molecule has 0 unspecified atom stereocenters. The van der Waals surface area contributed by atoms with Crippen LogP contribution in [0.5, 0.6) is 5.75 Å². The lowest BCUT2D eigenvalue weighted by Gasteiger charge is -1.96. The summed E-state index contributed by atoms with van der Waals surface area (Å²) in [7, 11) is 0. The quantitative estimate of drug-likeness (QED) is 0.538. The molecule has 0 aliphatic heterocycles. The van der Waals surface area contributed by atoms with E-state index in [-0.39, 0.29) is 5.75 Å². The zero-order valence-corrected chi connectivity index (χ0v) is 12.5. The van der Waals surface area contributed by atoms with Crippen LogP contribution in [-0.2, 0) is 0 Å². The van der Waals surface area contributed by atoms with Gasteiger partial charge < -0.3 is 9.52 Å². The molecule has 2 aromatic heterocycles. The van der Waals surface area contributed by atoms with Crippen LogP contribution in [0.2, 0.25) is 0 Å². The third kappa shape index (κ3) is 2.85. The number of hydrogen-bond donors (Lipinski definition) is 1. The normalized spacial score (nSPS) is 11.3. The Morgan fingerprint density at radius 3 is 2.17 bits per heavy atom. The molecule has 2 aromatic carbocycles. The van der Waals surface area contributed by atoms with E-state index < -0.39 is 0 Å². The molecular weight excluding hydrogens is 304 g/mol. The second-order valence-corrected chi connectivity index (χ2v) is 5.11. The largest absolute Gasteiger partial charge is 0.508 e. The van der Waals surface area contributed by atoms with Crippen LogP contribution in [0.1, 0.15) is 0 Å². The molecule has 0 bridgehead atoms. The first kappa shape index (κ1) is 14.1. The van der Waals surface area contributed by atoms with Gasteiger partial charge in [0.05, 0.1) is 11.4 Å². The Bertz CT molecular complexity index is 972. The number of oxazole rings is 1. The van der Waals surface area contributed by atoms with Gasteiger partial charge in [-0.15, -0.1) is 0 Å². The minimum absolute atomic E-state index is 0.200. The Hall–Kier alpha value is -3.54. The van der Waals surface area contributed by atoms with Crippen LogP contribution in [0.15, 0.2) is 81.5 Å². The second kappa shape index (κ2) is 5.92. The molecule has 0 fully saturated rings. The van der Waals surface area contributed by atoms with Crippen molar-refractivity contribution in [1.82, 2.24) is 9.97 Å². The highest BCUT2D eigenvalue weighted by Crippen LogP contribution is 2.26. The molecule has 0 aliphatic rings. The van der Waals surface area contributed by atoms with Gasteiger partial charge in [-0.2, -0.15) is 15.2 Å². The number of nitrogens with zero attached hydrogens (tertiary/aromatic N) is 4. The fourth-order valence-corrected chi connectivity index (χ4v) is 2.20. The highest BCUT2D eigenvalue weighted by molar-refractivity contribution is 5.72. The van der Waals surface area contributed by atoms with E-state index in [1.165, 1.54) is 0 Å². The van der Waals surface area contributed by atoms with Crippen molar-refractivity contribution in [3.8, 4) is 17.2 Å². The first-order valence-corrected chi connectivity index (χ1v) is 7.31. The molecule has 24 heavy (non-hydrogen) atoms. The summed E-state index contributed by atoms with van der Waals surface area (Å²) in [6.45, 7) is 0. The Morgan fingerprint density at radius 2 is 1.50 bits per heavy atom. The Kier molecular flexibility index (Phi) is 3.47. The van der Waals surface area contributed by atoms with Crippen LogP contribution in [0.25, 0.3) is 22.7 Å². The molecule has 2 heterocycles. The van der Waals surface area contributed by atoms with Crippen LogP contribution >= 0.6 is 0 Å². The van der Waals surface area contributed by atoms with Gasteiger partial charge in [0.1, 0.15) is 5.75 Å². The molecule has 0 amide bonds. The molecule has 6 nitrogen and oxygen atoms in total. The van der Waals surface area contributed by atoms with E-state index in [1.54, 1.807) is 30.5 Å². The van der Waals surface area contributed by atoms with Crippen LogP contribution < -0.4 is 0 Å². The third-order valence-electron chi connectivity index (χ3n) is 3.41. The van der Waals surface area contributed by atoms with E-state index in [2.05, 4.69) is 20.2 Å². The molecule has 1 N–H and O–H groups in total. The summed E-state index contributed by atoms with van der Waals surface area (Å²) in [5, 5.41) is 17.5. The molecular formula is C18H12N4O2. The number of azo groups is 1. The van der Waals surface area contributed by atoms with Crippen LogP contribution in [0.3, 0.4) is 0 Å². The number of aromatic hydroxyl groups is 1. The van der Waals surface area contributed by atoms with Gasteiger partial charge in [-0.05, 0) is 60.7 Å².